The first-order chi connectivity index (χ1) is 8.65. The zero-order valence-corrected chi connectivity index (χ0v) is 12.8. The quantitative estimate of drug-likeness (QED) is 0.862. The highest BCUT2D eigenvalue weighted by atomic mass is 35.5. The van der Waals surface area contributed by atoms with E-state index in [0.717, 1.165) is 24.4 Å². The van der Waals surface area contributed by atoms with Gasteiger partial charge in [0.2, 0.25) is 0 Å². The molecule has 2 heterocycles. The van der Waals surface area contributed by atoms with E-state index in [1.54, 1.807) is 13.3 Å². The van der Waals surface area contributed by atoms with Gasteiger partial charge in [0.05, 0.1) is 23.4 Å². The monoisotopic (exact) mass is 305 g/mol. The molecule has 0 aliphatic carbocycles. The summed E-state index contributed by atoms with van der Waals surface area (Å²) in [5, 5.41) is 7.31. The van der Waals surface area contributed by atoms with Crippen molar-refractivity contribution in [1.29, 1.82) is 0 Å². The third kappa shape index (κ3) is 4.14. The van der Waals surface area contributed by atoms with Crippen molar-refractivity contribution in [2.24, 2.45) is 0 Å². The van der Waals surface area contributed by atoms with Crippen LogP contribution in [0.5, 0.6) is 0 Å². The summed E-state index contributed by atoms with van der Waals surface area (Å²) in [5.74, 6) is -0.0511. The Morgan fingerprint density at radius 1 is 1.68 bits per heavy atom. The molecule has 0 saturated carbocycles. The van der Waals surface area contributed by atoms with Crippen molar-refractivity contribution < 1.29 is 9.53 Å². The van der Waals surface area contributed by atoms with Crippen LogP contribution in [0.25, 0.3) is 0 Å². The molecule has 1 aromatic heterocycles. The Hall–Kier alpha value is -0.690. The maximum absolute atomic E-state index is 12.0. The molecule has 1 aliphatic rings. The van der Waals surface area contributed by atoms with Crippen LogP contribution in [0.1, 0.15) is 27.5 Å². The van der Waals surface area contributed by atoms with Crippen LogP contribution in [-0.2, 0) is 4.74 Å². The van der Waals surface area contributed by atoms with Gasteiger partial charge in [0, 0.05) is 13.7 Å². The van der Waals surface area contributed by atoms with Gasteiger partial charge in [-0.25, -0.2) is 4.98 Å². The lowest BCUT2D eigenvalue weighted by atomic mass is 9.98. The third-order valence-corrected chi connectivity index (χ3v) is 4.10. The number of amides is 1. The van der Waals surface area contributed by atoms with E-state index >= 15 is 0 Å². The van der Waals surface area contributed by atoms with Crippen molar-refractivity contribution in [1.82, 2.24) is 15.6 Å². The van der Waals surface area contributed by atoms with Gasteiger partial charge in [-0.3, -0.25) is 4.79 Å². The summed E-state index contributed by atoms with van der Waals surface area (Å²) in [4.78, 5) is 16.7. The van der Waals surface area contributed by atoms with E-state index in [-0.39, 0.29) is 23.9 Å². The minimum Gasteiger partial charge on any atom is -0.383 e. The van der Waals surface area contributed by atoms with Gasteiger partial charge in [-0.2, -0.15) is 0 Å². The van der Waals surface area contributed by atoms with E-state index in [4.69, 9.17) is 4.74 Å². The number of rotatable bonds is 5. The molecular weight excluding hydrogens is 286 g/mol. The van der Waals surface area contributed by atoms with Gasteiger partial charge in [-0.1, -0.05) is 0 Å². The number of hydrogen-bond acceptors (Lipinski definition) is 5. The van der Waals surface area contributed by atoms with Gasteiger partial charge >= 0.3 is 0 Å². The number of nitrogens with one attached hydrogen (secondary N) is 2. The number of halogens is 1. The van der Waals surface area contributed by atoms with Crippen LogP contribution in [0, 0.1) is 6.92 Å². The molecule has 7 heteroatoms. The molecule has 1 aliphatic heterocycles. The topological polar surface area (TPSA) is 63.2 Å². The fourth-order valence-corrected chi connectivity index (χ4v) is 2.97. The van der Waals surface area contributed by atoms with E-state index in [2.05, 4.69) is 15.6 Å². The second-order valence-corrected chi connectivity index (χ2v) is 5.90. The molecule has 0 bridgehead atoms. The summed E-state index contributed by atoms with van der Waals surface area (Å²) in [7, 11) is 1.69. The van der Waals surface area contributed by atoms with Gasteiger partial charge in [0.15, 0.2) is 0 Å². The number of aryl methyl sites for hydroxylation is 1. The van der Waals surface area contributed by atoms with E-state index < -0.39 is 0 Å². The first kappa shape index (κ1) is 16.4. The molecule has 0 radical (unpaired) electrons. The predicted molar refractivity (Wildman–Crippen MR) is 78.3 cm³/mol. The van der Waals surface area contributed by atoms with Crippen molar-refractivity contribution in [3.63, 3.8) is 0 Å². The summed E-state index contributed by atoms with van der Waals surface area (Å²) >= 11 is 1.42. The highest BCUT2D eigenvalue weighted by molar-refractivity contribution is 7.13. The van der Waals surface area contributed by atoms with Gasteiger partial charge in [-0.15, -0.1) is 23.7 Å². The molecule has 1 saturated heterocycles. The summed E-state index contributed by atoms with van der Waals surface area (Å²) in [6.45, 7) is 4.09. The fourth-order valence-electron chi connectivity index (χ4n) is 2.27. The third-order valence-electron chi connectivity index (χ3n) is 3.19. The standard InChI is InChI=1S/C12H19N3O2S.ClH/c1-9-13-6-10(18-9)11(16)14-7-12(8-17-2)4-3-5-15-12;/h6,15H,3-5,7-8H2,1-2H3,(H,14,16);1H. The first-order valence-electron chi connectivity index (χ1n) is 6.10. The van der Waals surface area contributed by atoms with Crippen LogP contribution >= 0.6 is 23.7 Å². The molecule has 5 nitrogen and oxygen atoms in total. The van der Waals surface area contributed by atoms with E-state index in [9.17, 15) is 4.79 Å². The number of methoxy groups -OCH3 is 1. The minimum absolute atomic E-state index is 0. The number of ether oxygens (including phenoxy) is 1. The maximum Gasteiger partial charge on any atom is 0.263 e. The van der Waals surface area contributed by atoms with Crippen molar-refractivity contribution in [3.05, 3.63) is 16.1 Å². The summed E-state index contributed by atoms with van der Waals surface area (Å²) in [6, 6.07) is 0. The number of carbonyl (C=O) groups is 1. The van der Waals surface area contributed by atoms with Crippen LogP contribution in [0.15, 0.2) is 6.20 Å². The van der Waals surface area contributed by atoms with Gasteiger partial charge < -0.3 is 15.4 Å². The molecule has 2 N–H and O–H groups in total. The van der Waals surface area contributed by atoms with Crippen LogP contribution in [0.4, 0.5) is 0 Å². The van der Waals surface area contributed by atoms with Crippen molar-refractivity contribution >= 4 is 29.7 Å². The zero-order valence-electron chi connectivity index (χ0n) is 11.2. The van der Waals surface area contributed by atoms with E-state index in [0.29, 0.717) is 18.0 Å². The van der Waals surface area contributed by atoms with E-state index in [1.807, 2.05) is 6.92 Å². The Morgan fingerprint density at radius 3 is 3.00 bits per heavy atom. The molecule has 19 heavy (non-hydrogen) atoms. The Balaban J connectivity index is 0.00000180. The summed E-state index contributed by atoms with van der Waals surface area (Å²) < 4.78 is 5.25. The minimum atomic E-state index is -0.107. The summed E-state index contributed by atoms with van der Waals surface area (Å²) in [6.07, 6.45) is 3.78. The lowest BCUT2D eigenvalue weighted by molar-refractivity contribution is 0.0895. The molecule has 1 fully saturated rings. The molecule has 1 unspecified atom stereocenters. The van der Waals surface area contributed by atoms with Crippen molar-refractivity contribution in [2.75, 3.05) is 26.8 Å². The predicted octanol–water partition coefficient (Wildman–Crippen LogP) is 1.37. The molecule has 0 aromatic carbocycles. The normalized spacial score (nSPS) is 22.0. The van der Waals surface area contributed by atoms with Crippen LogP contribution < -0.4 is 10.6 Å². The average molecular weight is 306 g/mol. The Morgan fingerprint density at radius 2 is 2.47 bits per heavy atom. The molecule has 2 rings (SSSR count). The van der Waals surface area contributed by atoms with Gasteiger partial charge in [-0.05, 0) is 26.3 Å². The SMILES string of the molecule is COCC1(CNC(=O)c2cnc(C)s2)CCCN1.Cl. The molecular formula is C12H20ClN3O2S. The van der Waals surface area contributed by atoms with Gasteiger partial charge in [0.25, 0.3) is 5.91 Å². The first-order valence-corrected chi connectivity index (χ1v) is 6.91. The van der Waals surface area contributed by atoms with Crippen LogP contribution in [-0.4, -0.2) is 43.2 Å². The Kier molecular flexibility index (Phi) is 6.19. The Labute approximate surface area is 123 Å². The highest BCUT2D eigenvalue weighted by Crippen LogP contribution is 2.19. The second-order valence-electron chi connectivity index (χ2n) is 4.67. The number of aromatic nitrogens is 1. The highest BCUT2D eigenvalue weighted by Gasteiger charge is 2.33. The van der Waals surface area contributed by atoms with Crippen molar-refractivity contribution in [3.8, 4) is 0 Å². The summed E-state index contributed by atoms with van der Waals surface area (Å²) in [5.41, 5.74) is -0.107. The number of nitrogens with zero attached hydrogens (tertiary/aromatic N) is 1. The lowest BCUT2D eigenvalue weighted by Crippen LogP contribution is -2.52. The smallest absolute Gasteiger partial charge is 0.263 e. The molecule has 1 aromatic rings. The number of hydrogen-bond donors (Lipinski definition) is 2. The lowest BCUT2D eigenvalue weighted by Gasteiger charge is -2.28. The molecule has 1 amide bonds. The molecule has 108 valence electrons. The Bertz CT molecular complexity index is 419. The average Bonchev–Trinajstić information content (AvgIpc) is 2.97. The van der Waals surface area contributed by atoms with Crippen molar-refractivity contribution in [2.45, 2.75) is 25.3 Å². The van der Waals surface area contributed by atoms with Crippen LogP contribution in [0.2, 0.25) is 0 Å². The van der Waals surface area contributed by atoms with Crippen LogP contribution in [0.3, 0.4) is 0 Å². The maximum atomic E-state index is 12.0. The zero-order chi connectivity index (χ0) is 13.0. The fraction of sp³-hybridized carbons (Fsp3) is 0.667. The van der Waals surface area contributed by atoms with E-state index in [1.165, 1.54) is 11.3 Å². The number of carbonyl (C=O) groups excluding carboxylic acids is 1. The van der Waals surface area contributed by atoms with Gasteiger partial charge in [0.1, 0.15) is 4.88 Å². The second kappa shape index (κ2) is 7.19. The largest absolute Gasteiger partial charge is 0.383 e. The number of thiazole rings is 1. The molecule has 0 spiro atoms. The molecule has 1 atom stereocenters.